The molecule has 3 aliphatic rings. The summed E-state index contributed by atoms with van der Waals surface area (Å²) in [7, 11) is 0. The molecule has 1 amide bonds. The Morgan fingerprint density at radius 1 is 1.52 bits per heavy atom. The predicted molar refractivity (Wildman–Crippen MR) is 96.7 cm³/mol. The molecule has 4 unspecified atom stereocenters. The first-order chi connectivity index (χ1) is 11.0. The number of amides is 1. The van der Waals surface area contributed by atoms with E-state index in [0.717, 1.165) is 38.0 Å². The fourth-order valence-corrected chi connectivity index (χ4v) is 4.70. The van der Waals surface area contributed by atoms with Crippen LogP contribution in [0.5, 0.6) is 0 Å². The summed E-state index contributed by atoms with van der Waals surface area (Å²) in [5.74, 6) is 1.62. The maximum atomic E-state index is 12.5. The van der Waals surface area contributed by atoms with Gasteiger partial charge < -0.3 is 16.4 Å². The largest absolute Gasteiger partial charge is 0.377 e. The van der Waals surface area contributed by atoms with Gasteiger partial charge in [-0.2, -0.15) is 0 Å². The Morgan fingerprint density at radius 3 is 2.87 bits per heavy atom. The zero-order valence-corrected chi connectivity index (χ0v) is 15.3. The Hall–Kier alpha value is -0.680. The third-order valence-corrected chi connectivity index (χ3v) is 6.92. The third kappa shape index (κ3) is 4.05. The van der Waals surface area contributed by atoms with Gasteiger partial charge >= 0.3 is 0 Å². The van der Waals surface area contributed by atoms with Crippen molar-refractivity contribution in [1.82, 2.24) is 10.6 Å². The zero-order valence-electron chi connectivity index (χ0n) is 14.4. The Bertz CT molecular complexity index is 469. The number of hydrogen-bond donors (Lipinski definition) is 3. The molecule has 0 aromatic heterocycles. The fourth-order valence-electron chi connectivity index (χ4n) is 4.02. The number of hydrogen-bond acceptors (Lipinski definition) is 4. The van der Waals surface area contributed by atoms with Crippen molar-refractivity contribution in [2.45, 2.75) is 69.7 Å². The first-order valence-electron chi connectivity index (χ1n) is 9.11. The van der Waals surface area contributed by atoms with Crippen molar-refractivity contribution in [2.75, 3.05) is 6.54 Å². The first kappa shape index (κ1) is 17.2. The molecule has 0 spiro atoms. The van der Waals surface area contributed by atoms with Crippen LogP contribution in [-0.2, 0) is 4.79 Å². The molecule has 2 saturated carbocycles. The van der Waals surface area contributed by atoms with Crippen molar-refractivity contribution in [3.8, 4) is 0 Å². The van der Waals surface area contributed by atoms with Gasteiger partial charge in [0.15, 0.2) is 0 Å². The number of carbonyl (C=O) groups is 1. The molecule has 0 saturated heterocycles. The summed E-state index contributed by atoms with van der Waals surface area (Å²) in [5, 5.41) is 8.71. The van der Waals surface area contributed by atoms with E-state index in [0.29, 0.717) is 17.8 Å². The zero-order chi connectivity index (χ0) is 16.5. The molecular formula is C18H31N3OS. The molecular weight excluding hydrogens is 306 g/mol. The van der Waals surface area contributed by atoms with Crippen LogP contribution < -0.4 is 16.4 Å². The number of carbonyl (C=O) groups excluding carboxylic acids is 1. The Morgan fingerprint density at radius 2 is 2.30 bits per heavy atom. The van der Waals surface area contributed by atoms with Crippen molar-refractivity contribution in [1.29, 1.82) is 0 Å². The van der Waals surface area contributed by atoms with Crippen molar-refractivity contribution in [3.05, 3.63) is 11.6 Å². The topological polar surface area (TPSA) is 67.2 Å². The van der Waals surface area contributed by atoms with E-state index in [2.05, 4.69) is 24.5 Å². The minimum absolute atomic E-state index is 0.0690. The van der Waals surface area contributed by atoms with Crippen LogP contribution in [0.25, 0.3) is 0 Å². The normalized spacial score (nSPS) is 34.7. The summed E-state index contributed by atoms with van der Waals surface area (Å²) < 4.78 is 0. The lowest BCUT2D eigenvalue weighted by atomic mass is 9.89. The number of nitrogens with one attached hydrogen (secondary N) is 2. The maximum absolute atomic E-state index is 12.5. The summed E-state index contributed by atoms with van der Waals surface area (Å²) in [6.45, 7) is 5.25. The third-order valence-electron chi connectivity index (χ3n) is 5.99. The van der Waals surface area contributed by atoms with Crippen LogP contribution in [0.3, 0.4) is 0 Å². The summed E-state index contributed by atoms with van der Waals surface area (Å²) >= 11 is 1.73. The fraction of sp³-hybridized carbons (Fsp3) is 0.833. The van der Waals surface area contributed by atoms with E-state index < -0.39 is 0 Å². The molecule has 4 nitrogen and oxygen atoms in total. The lowest BCUT2D eigenvalue weighted by molar-refractivity contribution is -0.126. The molecule has 0 aromatic rings. The molecule has 1 aliphatic heterocycles. The van der Waals surface area contributed by atoms with Crippen molar-refractivity contribution >= 4 is 17.7 Å². The standard InChI is InChI=1S/C18H31N3OS/c1-3-14-11-18(14,19)10-13(2)4-5-17(6-7-17)16(22)21-12-15-20-8-9-23-15/h8-9,13-15,20H,3-7,10-12,19H2,1-2H3,(H,21,22). The quantitative estimate of drug-likeness (QED) is 0.605. The van der Waals surface area contributed by atoms with Gasteiger partial charge in [0.2, 0.25) is 5.91 Å². The number of rotatable bonds is 9. The van der Waals surface area contributed by atoms with Gasteiger partial charge in [-0.05, 0) is 55.8 Å². The molecule has 2 fully saturated rings. The number of nitrogens with two attached hydrogens (primary N) is 1. The van der Waals surface area contributed by atoms with Gasteiger partial charge in [0.1, 0.15) is 0 Å². The van der Waals surface area contributed by atoms with E-state index >= 15 is 0 Å². The van der Waals surface area contributed by atoms with Gasteiger partial charge in [-0.3, -0.25) is 4.79 Å². The summed E-state index contributed by atoms with van der Waals surface area (Å²) in [6, 6.07) is 0. The second kappa shape index (κ2) is 6.67. The Balaban J connectivity index is 1.37. The summed E-state index contributed by atoms with van der Waals surface area (Å²) in [5.41, 5.74) is 6.47. The van der Waals surface area contributed by atoms with E-state index in [1.165, 1.54) is 12.8 Å². The highest BCUT2D eigenvalue weighted by Gasteiger charge is 2.51. The highest BCUT2D eigenvalue weighted by Crippen LogP contribution is 2.52. The summed E-state index contributed by atoms with van der Waals surface area (Å²) in [4.78, 5) is 12.5. The molecule has 0 radical (unpaired) electrons. The number of thioether (sulfide) groups is 1. The monoisotopic (exact) mass is 337 g/mol. The molecule has 2 aliphatic carbocycles. The van der Waals surface area contributed by atoms with Gasteiger partial charge in [-0.15, -0.1) is 11.8 Å². The van der Waals surface area contributed by atoms with Gasteiger partial charge in [0.05, 0.1) is 5.37 Å². The maximum Gasteiger partial charge on any atom is 0.226 e. The van der Waals surface area contributed by atoms with Gasteiger partial charge in [-0.1, -0.05) is 20.3 Å². The molecule has 0 aromatic carbocycles. The van der Waals surface area contributed by atoms with E-state index in [-0.39, 0.29) is 16.9 Å². The molecule has 4 N–H and O–H groups in total. The molecule has 130 valence electrons. The van der Waals surface area contributed by atoms with Crippen LogP contribution in [0.15, 0.2) is 11.6 Å². The second-order valence-electron chi connectivity index (χ2n) is 7.97. The van der Waals surface area contributed by atoms with Crippen molar-refractivity contribution < 1.29 is 4.79 Å². The lowest BCUT2D eigenvalue weighted by Gasteiger charge is -2.21. The van der Waals surface area contributed by atoms with Gasteiger partial charge in [-0.25, -0.2) is 0 Å². The molecule has 5 heteroatoms. The van der Waals surface area contributed by atoms with Crippen molar-refractivity contribution in [2.24, 2.45) is 23.0 Å². The molecule has 0 bridgehead atoms. The smallest absolute Gasteiger partial charge is 0.226 e. The van der Waals surface area contributed by atoms with Gasteiger partial charge in [0.25, 0.3) is 0 Å². The highest BCUT2D eigenvalue weighted by atomic mass is 32.2. The van der Waals surface area contributed by atoms with Crippen LogP contribution in [0.4, 0.5) is 0 Å². The molecule has 1 heterocycles. The van der Waals surface area contributed by atoms with Gasteiger partial charge in [0, 0.05) is 23.7 Å². The Kier molecular flexibility index (Phi) is 4.98. The predicted octanol–water partition coefficient (Wildman–Crippen LogP) is 2.95. The van der Waals surface area contributed by atoms with E-state index in [1.807, 2.05) is 11.6 Å². The minimum Gasteiger partial charge on any atom is -0.377 e. The minimum atomic E-state index is -0.0690. The highest BCUT2D eigenvalue weighted by molar-refractivity contribution is 8.02. The van der Waals surface area contributed by atoms with Crippen LogP contribution in [0.2, 0.25) is 0 Å². The summed E-state index contributed by atoms with van der Waals surface area (Å²) in [6.07, 6.45) is 9.73. The molecule has 23 heavy (non-hydrogen) atoms. The van der Waals surface area contributed by atoms with Crippen LogP contribution in [0.1, 0.15) is 58.8 Å². The van der Waals surface area contributed by atoms with Crippen LogP contribution in [-0.4, -0.2) is 23.4 Å². The SMILES string of the molecule is CCC1CC1(N)CC(C)CCC1(C(=O)NCC2NC=CS2)CC1. The lowest BCUT2D eigenvalue weighted by Crippen LogP contribution is -2.39. The average Bonchev–Trinajstić information content (AvgIpc) is 3.38. The first-order valence-corrected chi connectivity index (χ1v) is 10.1. The molecule has 4 atom stereocenters. The van der Waals surface area contributed by atoms with Crippen LogP contribution >= 0.6 is 11.8 Å². The van der Waals surface area contributed by atoms with E-state index in [9.17, 15) is 4.79 Å². The van der Waals surface area contributed by atoms with E-state index in [4.69, 9.17) is 5.73 Å². The Labute approximate surface area is 144 Å². The van der Waals surface area contributed by atoms with Crippen LogP contribution in [0, 0.1) is 17.3 Å². The van der Waals surface area contributed by atoms with E-state index in [1.54, 1.807) is 11.8 Å². The molecule has 3 rings (SSSR count). The second-order valence-corrected chi connectivity index (χ2v) is 9.09. The van der Waals surface area contributed by atoms with Crippen molar-refractivity contribution in [3.63, 3.8) is 0 Å². The average molecular weight is 338 g/mol.